The molecule has 0 aliphatic heterocycles. The first kappa shape index (κ1) is 16.5. The first-order valence-electron chi connectivity index (χ1n) is 6.53. The third-order valence-corrected chi connectivity index (χ3v) is 2.84. The lowest BCUT2D eigenvalue weighted by atomic mass is 10.2. The number of hydrogen-bond acceptors (Lipinski definition) is 3. The average Bonchev–Trinajstić information content (AvgIpc) is 2.53. The molecule has 0 saturated heterocycles. The van der Waals surface area contributed by atoms with E-state index < -0.39 is 41.5 Å². The highest BCUT2D eigenvalue weighted by Gasteiger charge is 2.16. The van der Waals surface area contributed by atoms with E-state index in [-0.39, 0.29) is 5.69 Å². The molecular weight excluding hydrogens is 311 g/mol. The largest absolute Gasteiger partial charge is 0.342 e. The second kappa shape index (κ2) is 6.91. The minimum Gasteiger partial charge on any atom is -0.342 e. The number of amides is 2. The van der Waals surface area contributed by atoms with E-state index in [0.717, 1.165) is 6.07 Å². The van der Waals surface area contributed by atoms with E-state index in [1.807, 2.05) is 5.32 Å². The van der Waals surface area contributed by atoms with Crippen LogP contribution < -0.4 is 10.6 Å². The topological polar surface area (TPSA) is 71.1 Å². The summed E-state index contributed by atoms with van der Waals surface area (Å²) in [5, 5.41) is 4.33. The molecule has 0 spiro atoms. The van der Waals surface area contributed by atoms with Gasteiger partial charge in [-0.1, -0.05) is 6.07 Å². The van der Waals surface area contributed by atoms with E-state index in [0.29, 0.717) is 11.8 Å². The Kier molecular flexibility index (Phi) is 4.95. The van der Waals surface area contributed by atoms with Crippen molar-refractivity contribution in [2.24, 2.45) is 0 Å². The van der Waals surface area contributed by atoms with Crippen molar-refractivity contribution in [2.75, 3.05) is 11.9 Å². The molecule has 0 saturated carbocycles. The molecule has 8 heteroatoms. The summed E-state index contributed by atoms with van der Waals surface area (Å²) in [6.45, 7) is 1.22. The monoisotopic (exact) mass is 323 g/mol. The molecule has 2 N–H and O–H groups in total. The SMILES string of the molecule is Cc1cccc(C(=O)NCC(=O)Nc2ccc(F)c(F)c2F)n1. The van der Waals surface area contributed by atoms with Gasteiger partial charge in [0.2, 0.25) is 5.91 Å². The smallest absolute Gasteiger partial charge is 0.270 e. The zero-order valence-corrected chi connectivity index (χ0v) is 12.0. The number of nitrogens with zero attached hydrogens (tertiary/aromatic N) is 1. The van der Waals surface area contributed by atoms with Gasteiger partial charge < -0.3 is 10.6 Å². The first-order valence-corrected chi connectivity index (χ1v) is 6.53. The Morgan fingerprint density at radius 1 is 1.09 bits per heavy atom. The Morgan fingerprint density at radius 2 is 1.83 bits per heavy atom. The summed E-state index contributed by atoms with van der Waals surface area (Å²) in [5.74, 6) is -5.94. The van der Waals surface area contributed by atoms with E-state index in [1.165, 1.54) is 6.07 Å². The lowest BCUT2D eigenvalue weighted by Crippen LogP contribution is -2.33. The van der Waals surface area contributed by atoms with Crippen LogP contribution in [0.3, 0.4) is 0 Å². The van der Waals surface area contributed by atoms with Gasteiger partial charge in [0, 0.05) is 5.69 Å². The van der Waals surface area contributed by atoms with Crippen LogP contribution in [-0.4, -0.2) is 23.3 Å². The molecule has 120 valence electrons. The minimum absolute atomic E-state index is 0.122. The van der Waals surface area contributed by atoms with Gasteiger partial charge in [0.1, 0.15) is 5.69 Å². The van der Waals surface area contributed by atoms with E-state index >= 15 is 0 Å². The number of aryl methyl sites for hydroxylation is 1. The summed E-state index contributed by atoms with van der Waals surface area (Å²) in [6.07, 6.45) is 0. The maximum Gasteiger partial charge on any atom is 0.270 e. The number of nitrogens with one attached hydrogen (secondary N) is 2. The van der Waals surface area contributed by atoms with Crippen LogP contribution in [0.1, 0.15) is 16.2 Å². The number of rotatable bonds is 4. The van der Waals surface area contributed by atoms with Gasteiger partial charge in [-0.15, -0.1) is 0 Å². The zero-order chi connectivity index (χ0) is 17.0. The quantitative estimate of drug-likeness (QED) is 0.847. The minimum atomic E-state index is -1.68. The Balaban J connectivity index is 1.95. The van der Waals surface area contributed by atoms with Crippen LogP contribution >= 0.6 is 0 Å². The molecular formula is C15H12F3N3O2. The predicted octanol–water partition coefficient (Wildman–Crippen LogP) is 2.18. The number of pyridine rings is 1. The van der Waals surface area contributed by atoms with Crippen molar-refractivity contribution < 1.29 is 22.8 Å². The van der Waals surface area contributed by atoms with Gasteiger partial charge in [0.05, 0.1) is 12.2 Å². The maximum atomic E-state index is 13.4. The van der Waals surface area contributed by atoms with Gasteiger partial charge in [0.15, 0.2) is 17.5 Å². The lowest BCUT2D eigenvalue weighted by Gasteiger charge is -2.08. The molecule has 0 atom stereocenters. The summed E-state index contributed by atoms with van der Waals surface area (Å²) >= 11 is 0. The van der Waals surface area contributed by atoms with Crippen molar-refractivity contribution in [3.63, 3.8) is 0 Å². The molecule has 23 heavy (non-hydrogen) atoms. The fraction of sp³-hybridized carbons (Fsp3) is 0.133. The molecule has 2 amide bonds. The number of anilines is 1. The Morgan fingerprint density at radius 3 is 2.52 bits per heavy atom. The standard InChI is InChI=1S/C15H12F3N3O2/c1-8-3-2-4-11(20-8)15(23)19-7-12(22)21-10-6-5-9(16)13(17)14(10)18/h2-6H,7H2,1H3,(H,19,23)(H,21,22). The molecule has 2 rings (SSSR count). The molecule has 0 fully saturated rings. The van der Waals surface area contributed by atoms with Crippen LogP contribution in [0, 0.1) is 24.4 Å². The average molecular weight is 323 g/mol. The Labute approximate surface area is 129 Å². The fourth-order valence-corrected chi connectivity index (χ4v) is 1.74. The zero-order valence-electron chi connectivity index (χ0n) is 12.0. The normalized spacial score (nSPS) is 10.3. The van der Waals surface area contributed by atoms with Crippen molar-refractivity contribution >= 4 is 17.5 Å². The summed E-state index contributed by atoms with van der Waals surface area (Å²) in [5.41, 5.74) is 0.236. The van der Waals surface area contributed by atoms with Gasteiger partial charge in [0.25, 0.3) is 5.91 Å². The summed E-state index contributed by atoms with van der Waals surface area (Å²) in [4.78, 5) is 27.4. The van der Waals surface area contributed by atoms with Crippen molar-refractivity contribution in [3.05, 3.63) is 59.2 Å². The summed E-state index contributed by atoms with van der Waals surface area (Å²) < 4.78 is 39.2. The van der Waals surface area contributed by atoms with Crippen LogP contribution in [-0.2, 0) is 4.79 Å². The summed E-state index contributed by atoms with van der Waals surface area (Å²) in [6, 6.07) is 6.37. The van der Waals surface area contributed by atoms with Gasteiger partial charge in [-0.05, 0) is 31.2 Å². The van der Waals surface area contributed by atoms with Crippen LogP contribution in [0.25, 0.3) is 0 Å². The molecule has 0 aliphatic carbocycles. The van der Waals surface area contributed by atoms with E-state index in [2.05, 4.69) is 10.3 Å². The van der Waals surface area contributed by atoms with E-state index in [1.54, 1.807) is 19.1 Å². The highest BCUT2D eigenvalue weighted by atomic mass is 19.2. The van der Waals surface area contributed by atoms with E-state index in [4.69, 9.17) is 0 Å². The van der Waals surface area contributed by atoms with Gasteiger partial charge in [-0.25, -0.2) is 18.2 Å². The summed E-state index contributed by atoms with van der Waals surface area (Å²) in [7, 11) is 0. The van der Waals surface area contributed by atoms with Gasteiger partial charge >= 0.3 is 0 Å². The van der Waals surface area contributed by atoms with Crippen molar-refractivity contribution in [3.8, 4) is 0 Å². The number of hydrogen-bond donors (Lipinski definition) is 2. The van der Waals surface area contributed by atoms with Crippen LogP contribution in [0.2, 0.25) is 0 Å². The molecule has 0 aliphatic rings. The second-order valence-electron chi connectivity index (χ2n) is 4.62. The van der Waals surface area contributed by atoms with Crippen molar-refractivity contribution in [1.29, 1.82) is 0 Å². The highest BCUT2D eigenvalue weighted by Crippen LogP contribution is 2.19. The Hall–Kier alpha value is -2.90. The van der Waals surface area contributed by atoms with Gasteiger partial charge in [-0.2, -0.15) is 0 Å². The third-order valence-electron chi connectivity index (χ3n) is 2.84. The number of carbonyl (C=O) groups excluding carboxylic acids is 2. The van der Waals surface area contributed by atoms with Crippen molar-refractivity contribution in [1.82, 2.24) is 10.3 Å². The predicted molar refractivity (Wildman–Crippen MR) is 76.3 cm³/mol. The molecule has 0 bridgehead atoms. The van der Waals surface area contributed by atoms with Crippen molar-refractivity contribution in [2.45, 2.75) is 6.92 Å². The second-order valence-corrected chi connectivity index (χ2v) is 4.62. The molecule has 0 radical (unpaired) electrons. The lowest BCUT2D eigenvalue weighted by molar-refractivity contribution is -0.115. The van der Waals surface area contributed by atoms with Gasteiger partial charge in [-0.3, -0.25) is 9.59 Å². The number of halogens is 3. The Bertz CT molecular complexity index is 766. The van der Waals surface area contributed by atoms with E-state index in [9.17, 15) is 22.8 Å². The molecule has 1 aromatic carbocycles. The molecule has 0 unspecified atom stereocenters. The van der Waals surface area contributed by atoms with Crippen LogP contribution in [0.4, 0.5) is 18.9 Å². The maximum absolute atomic E-state index is 13.4. The molecule has 2 aromatic rings. The molecule has 1 aromatic heterocycles. The number of aromatic nitrogens is 1. The van der Waals surface area contributed by atoms with Crippen LogP contribution in [0.15, 0.2) is 30.3 Å². The third kappa shape index (κ3) is 4.06. The molecule has 1 heterocycles. The number of benzene rings is 1. The fourth-order valence-electron chi connectivity index (χ4n) is 1.74. The first-order chi connectivity index (χ1) is 10.9. The highest BCUT2D eigenvalue weighted by molar-refractivity contribution is 5.98. The van der Waals surface area contributed by atoms with Crippen LogP contribution in [0.5, 0.6) is 0 Å². The number of carbonyl (C=O) groups is 2. The molecule has 5 nitrogen and oxygen atoms in total.